The van der Waals surface area contributed by atoms with Gasteiger partial charge in [0.2, 0.25) is 11.8 Å². The summed E-state index contributed by atoms with van der Waals surface area (Å²) in [5, 5.41) is 17.9. The lowest BCUT2D eigenvalue weighted by atomic mass is 9.95. The summed E-state index contributed by atoms with van der Waals surface area (Å²) in [6.45, 7) is 7.91. The van der Waals surface area contributed by atoms with Crippen LogP contribution < -0.4 is 10.6 Å². The minimum Gasteiger partial charge on any atom is -0.388 e. The Hall–Kier alpha value is -1.75. The second kappa shape index (κ2) is 52.5. The van der Waals surface area contributed by atoms with Crippen molar-refractivity contribution in [3.63, 3.8) is 0 Å². The number of ketones is 1. The molecule has 2 heterocycles. The zero-order valence-electron chi connectivity index (χ0n) is 56.0. The van der Waals surface area contributed by atoms with E-state index in [0.717, 1.165) is 161 Å². The van der Waals surface area contributed by atoms with Gasteiger partial charge in [0.25, 0.3) is 0 Å². The summed E-state index contributed by atoms with van der Waals surface area (Å²) in [7, 11) is -7.69. The first-order valence-corrected chi connectivity index (χ1v) is 38.1. The third kappa shape index (κ3) is 41.0. The molecule has 0 bridgehead atoms. The van der Waals surface area contributed by atoms with Gasteiger partial charge in [0, 0.05) is 40.3 Å². The van der Waals surface area contributed by atoms with Gasteiger partial charge < -0.3 is 68.5 Å². The van der Waals surface area contributed by atoms with Crippen molar-refractivity contribution in [2.45, 2.75) is 352 Å². The maximum atomic E-state index is 14.1. The van der Waals surface area contributed by atoms with E-state index < -0.39 is 102 Å². The van der Waals surface area contributed by atoms with Crippen molar-refractivity contribution in [1.82, 2.24) is 10.6 Å². The number of Topliss-reactive ketones (excluding diaryl/α,β-unsaturated/α-hetero) is 1. The van der Waals surface area contributed by atoms with E-state index >= 15 is 0 Å². The number of ether oxygens (including phenoxy) is 7. The van der Waals surface area contributed by atoms with Crippen molar-refractivity contribution in [1.29, 1.82) is 0 Å². The van der Waals surface area contributed by atoms with Crippen LogP contribution in [0.15, 0.2) is 12.2 Å². The number of phosphoric ester groups is 2. The minimum absolute atomic E-state index is 0.00889. The molecule has 0 aliphatic carbocycles. The maximum absolute atomic E-state index is 14.1. The molecule has 11 atom stereocenters. The van der Waals surface area contributed by atoms with Crippen LogP contribution in [0.1, 0.15) is 285 Å². The van der Waals surface area contributed by atoms with Crippen LogP contribution >= 0.6 is 15.6 Å². The second-order valence-corrected chi connectivity index (χ2v) is 27.2. The van der Waals surface area contributed by atoms with Gasteiger partial charge >= 0.3 is 15.6 Å². The first kappa shape index (κ1) is 83.3. The lowest BCUT2D eigenvalue weighted by Gasteiger charge is -2.47. The molecule has 2 aliphatic heterocycles. The van der Waals surface area contributed by atoms with Gasteiger partial charge in [0.15, 0.2) is 12.6 Å². The molecule has 23 heteroatoms. The van der Waals surface area contributed by atoms with E-state index in [9.17, 15) is 48.2 Å². The molecule has 0 radical (unpaired) electrons. The standard InChI is InChI=1S/C66H126N2O19P2/c1-7-11-15-19-22-25-26-27-28-29-30-32-34-38-42-46-57(70)67-60-64(82-49-47-54(80-6)45-41-36-18-14-10-4)62(86-88(73,74)75)56(51-79-5)85-65(60)83-52-55-61(72)63(81-48-43-39-35-24-21-17-13-9-3)59(66(84-55)87-89(76,77)78)68-58(71)50-53(69)44-40-37-33-31-23-20-16-12-8-2/h25-26,54-56,59-66,72H,7-24,27-52H2,1-6H3,(H,67,70)(H,68,71)(H2,73,74,75)(H2,76,77,78)/b26-25-/t54-,55?,56-,59-,60-,61-,62-,63?,64?,65?,66-/m1/s1. The average molecular weight is 1310 g/mol. The van der Waals surface area contributed by atoms with Gasteiger partial charge in [-0.2, -0.15) is 0 Å². The number of carbonyl (C=O) groups excluding carboxylic acids is 3. The number of rotatable bonds is 59. The molecule has 2 fully saturated rings. The topological polar surface area (TPSA) is 294 Å². The molecule has 0 aromatic carbocycles. The third-order valence-electron chi connectivity index (χ3n) is 16.8. The molecule has 2 amide bonds. The molecule has 524 valence electrons. The molecule has 89 heavy (non-hydrogen) atoms. The molecule has 2 saturated heterocycles. The summed E-state index contributed by atoms with van der Waals surface area (Å²) in [5.74, 6) is -1.52. The predicted molar refractivity (Wildman–Crippen MR) is 347 cm³/mol. The summed E-state index contributed by atoms with van der Waals surface area (Å²) in [6.07, 6.45) is 29.6. The van der Waals surface area contributed by atoms with Crippen LogP contribution in [0.5, 0.6) is 0 Å². The number of allylic oxidation sites excluding steroid dienone is 2. The highest BCUT2D eigenvalue weighted by atomic mass is 31.2. The zero-order chi connectivity index (χ0) is 65.4. The largest absolute Gasteiger partial charge is 0.472 e. The van der Waals surface area contributed by atoms with Crippen molar-refractivity contribution in [2.24, 2.45) is 0 Å². The quantitative estimate of drug-likeness (QED) is 0.0129. The Bertz CT molecular complexity index is 1900. The summed E-state index contributed by atoms with van der Waals surface area (Å²) in [5.41, 5.74) is 0. The number of nitrogens with one attached hydrogen (secondary N) is 2. The Morgan fingerprint density at radius 1 is 0.472 bits per heavy atom. The number of aliphatic hydroxyl groups excluding tert-OH is 1. The maximum Gasteiger partial charge on any atom is 0.472 e. The van der Waals surface area contributed by atoms with Gasteiger partial charge in [-0.05, 0) is 57.8 Å². The van der Waals surface area contributed by atoms with Gasteiger partial charge in [0.05, 0.1) is 25.7 Å². The van der Waals surface area contributed by atoms with Crippen molar-refractivity contribution >= 4 is 33.2 Å². The molecular formula is C66H126N2O19P2. The van der Waals surface area contributed by atoms with E-state index in [1.54, 1.807) is 7.11 Å². The molecule has 21 nitrogen and oxygen atoms in total. The normalized spacial score (nSPS) is 22.9. The molecule has 0 aromatic heterocycles. The highest BCUT2D eigenvalue weighted by Crippen LogP contribution is 2.44. The Morgan fingerprint density at radius 3 is 1.45 bits per heavy atom. The number of aliphatic hydroxyl groups is 1. The highest BCUT2D eigenvalue weighted by Gasteiger charge is 2.53. The average Bonchev–Trinajstić information content (AvgIpc) is 0.966. The number of amides is 2. The fraction of sp³-hybridized carbons (Fsp3) is 0.924. The van der Waals surface area contributed by atoms with Crippen molar-refractivity contribution < 1.29 is 90.4 Å². The smallest absolute Gasteiger partial charge is 0.388 e. The number of phosphoric acid groups is 2. The van der Waals surface area contributed by atoms with Crippen molar-refractivity contribution in [3.8, 4) is 0 Å². The Morgan fingerprint density at radius 2 is 0.921 bits per heavy atom. The fourth-order valence-electron chi connectivity index (χ4n) is 11.7. The Kier molecular flexibility index (Phi) is 49.2. The van der Waals surface area contributed by atoms with E-state index in [1.165, 1.54) is 58.5 Å². The lowest BCUT2D eigenvalue weighted by Crippen LogP contribution is -2.67. The van der Waals surface area contributed by atoms with Crippen molar-refractivity contribution in [3.05, 3.63) is 12.2 Å². The van der Waals surface area contributed by atoms with Crippen LogP contribution in [-0.4, -0.2) is 150 Å². The SMILES string of the molecule is CCCCCC/C=C\CCCCCCCCCC(=O)N[C@H]1C(OCC2O[C@H](OP(=O)(O)O)[C@H](NC(=O)CC(=O)CCCCCCCCCCC)C(OCCCCCCCCCC)[C@@H]2O)O[C@H](COC)[C@@H](OP(=O)(O)O)C1OCC[C@@H](CCCCCCC)OC. The van der Waals surface area contributed by atoms with Crippen LogP contribution in [0.25, 0.3) is 0 Å². The molecule has 7 N–H and O–H groups in total. The first-order valence-electron chi connectivity index (χ1n) is 35.0. The van der Waals surface area contributed by atoms with Crippen LogP contribution in [0.3, 0.4) is 0 Å². The molecule has 2 rings (SSSR count). The van der Waals surface area contributed by atoms with Gasteiger partial charge in [-0.1, -0.05) is 220 Å². The third-order valence-corrected chi connectivity index (χ3v) is 17.8. The van der Waals surface area contributed by atoms with Gasteiger partial charge in [0.1, 0.15) is 54.5 Å². The van der Waals surface area contributed by atoms with E-state index in [0.29, 0.717) is 25.7 Å². The van der Waals surface area contributed by atoms with Crippen LogP contribution in [-0.2, 0) is 65.7 Å². The monoisotopic (exact) mass is 1310 g/mol. The van der Waals surface area contributed by atoms with Gasteiger partial charge in [-0.25, -0.2) is 9.13 Å². The zero-order valence-corrected chi connectivity index (χ0v) is 57.8. The number of hydrogen-bond donors (Lipinski definition) is 7. The van der Waals surface area contributed by atoms with Gasteiger partial charge in [-0.3, -0.25) is 23.4 Å². The second-order valence-electron chi connectivity index (χ2n) is 24.8. The summed E-state index contributed by atoms with van der Waals surface area (Å²) < 4.78 is 79.3. The predicted octanol–water partition coefficient (Wildman–Crippen LogP) is 13.6. The number of carbonyl (C=O) groups is 3. The number of unbranched alkanes of at least 4 members (excludes halogenated alkanes) is 30. The summed E-state index contributed by atoms with van der Waals surface area (Å²) >= 11 is 0. The van der Waals surface area contributed by atoms with Crippen LogP contribution in [0.2, 0.25) is 0 Å². The number of methoxy groups -OCH3 is 2. The molecule has 2 aliphatic rings. The summed E-state index contributed by atoms with van der Waals surface area (Å²) in [6, 6.07) is -2.84. The van der Waals surface area contributed by atoms with Crippen LogP contribution in [0, 0.1) is 0 Å². The van der Waals surface area contributed by atoms with E-state index in [1.807, 2.05) is 0 Å². The minimum atomic E-state index is -5.39. The Labute approximate surface area is 536 Å². The van der Waals surface area contributed by atoms with Crippen LogP contribution in [0.4, 0.5) is 0 Å². The molecule has 4 unspecified atom stereocenters. The van der Waals surface area contributed by atoms with E-state index in [-0.39, 0.29) is 44.5 Å². The van der Waals surface area contributed by atoms with Gasteiger partial charge in [-0.15, -0.1) is 0 Å². The fourth-order valence-corrected chi connectivity index (χ4v) is 12.7. The lowest BCUT2D eigenvalue weighted by molar-refractivity contribution is -0.301. The first-order chi connectivity index (χ1) is 42.9. The number of hydrogen-bond acceptors (Lipinski definition) is 15. The van der Waals surface area contributed by atoms with E-state index in [4.69, 9.17) is 42.2 Å². The molecular weight excluding hydrogens is 1190 g/mol. The van der Waals surface area contributed by atoms with E-state index in [2.05, 4.69) is 50.5 Å². The molecule has 0 saturated carbocycles. The van der Waals surface area contributed by atoms with Crippen molar-refractivity contribution in [2.75, 3.05) is 40.6 Å². The highest BCUT2D eigenvalue weighted by molar-refractivity contribution is 7.46. The Balaban J connectivity index is 2.45. The molecule has 0 aromatic rings. The summed E-state index contributed by atoms with van der Waals surface area (Å²) in [4.78, 5) is 82.2. The molecule has 0 spiro atoms.